The van der Waals surface area contributed by atoms with Gasteiger partial charge in [0.25, 0.3) is 5.91 Å². The molecule has 6 nitrogen and oxygen atoms in total. The monoisotopic (exact) mass is 273 g/mol. The first-order valence-corrected chi connectivity index (χ1v) is 7.46. The Kier molecular flexibility index (Phi) is 4.92. The Morgan fingerprint density at radius 1 is 1.39 bits per heavy atom. The molecule has 0 aliphatic carbocycles. The lowest BCUT2D eigenvalue weighted by Gasteiger charge is -2.07. The molecule has 0 saturated carbocycles. The number of nitrogens with zero attached hydrogens (tertiary/aromatic N) is 1. The Bertz CT molecular complexity index is 520. The van der Waals surface area contributed by atoms with Crippen molar-refractivity contribution in [3.63, 3.8) is 0 Å². The molecule has 0 saturated heterocycles. The lowest BCUT2D eigenvalue weighted by Crippen LogP contribution is -2.26. The van der Waals surface area contributed by atoms with Crippen LogP contribution in [0.5, 0.6) is 0 Å². The fourth-order valence-electron chi connectivity index (χ4n) is 1.58. The van der Waals surface area contributed by atoms with Crippen LogP contribution in [0.3, 0.4) is 0 Å². The highest BCUT2D eigenvalue weighted by Crippen LogP contribution is 2.13. The van der Waals surface area contributed by atoms with Crippen molar-refractivity contribution in [1.82, 2.24) is 9.88 Å². The number of nitrogens with one attached hydrogen (secondary N) is 1. The molecular weight excluding hydrogens is 254 g/mol. The van der Waals surface area contributed by atoms with Gasteiger partial charge in [-0.1, -0.05) is 13.8 Å². The summed E-state index contributed by atoms with van der Waals surface area (Å²) in [5.41, 5.74) is 0.328. The van der Waals surface area contributed by atoms with Gasteiger partial charge < -0.3 is 9.88 Å². The zero-order chi connectivity index (χ0) is 13.8. The van der Waals surface area contributed by atoms with E-state index >= 15 is 0 Å². The van der Waals surface area contributed by atoms with Gasteiger partial charge in [0.1, 0.15) is 10.6 Å². The van der Waals surface area contributed by atoms with Crippen LogP contribution in [0.15, 0.2) is 17.2 Å². The minimum absolute atomic E-state index is 0.0300. The van der Waals surface area contributed by atoms with E-state index in [0.717, 1.165) is 12.8 Å². The van der Waals surface area contributed by atoms with E-state index in [1.807, 2.05) is 13.8 Å². The summed E-state index contributed by atoms with van der Waals surface area (Å²) < 4.78 is 24.2. The molecule has 1 aromatic rings. The largest absolute Gasteiger partial charge is 0.351 e. The summed E-state index contributed by atoms with van der Waals surface area (Å²) in [5, 5.41) is 7.78. The molecule has 0 spiro atoms. The van der Waals surface area contributed by atoms with Gasteiger partial charge in [0.15, 0.2) is 0 Å². The Morgan fingerprint density at radius 3 is 2.56 bits per heavy atom. The number of sulfonamides is 1. The summed E-state index contributed by atoms with van der Waals surface area (Å²) in [7, 11) is -3.78. The van der Waals surface area contributed by atoms with Crippen molar-refractivity contribution in [3.8, 4) is 0 Å². The first-order valence-electron chi connectivity index (χ1n) is 5.91. The van der Waals surface area contributed by atoms with E-state index in [2.05, 4.69) is 5.32 Å². The summed E-state index contributed by atoms with van der Waals surface area (Å²) in [6, 6.07) is 1.32. The molecule has 102 valence electrons. The molecule has 1 aromatic heterocycles. The van der Waals surface area contributed by atoms with Crippen molar-refractivity contribution in [2.45, 2.75) is 38.1 Å². The fraction of sp³-hybridized carbons (Fsp3) is 0.545. The average molecular weight is 273 g/mol. The van der Waals surface area contributed by atoms with Crippen molar-refractivity contribution in [2.75, 3.05) is 6.54 Å². The average Bonchev–Trinajstić information content (AvgIpc) is 2.70. The summed E-state index contributed by atoms with van der Waals surface area (Å²) in [5.74, 6) is -0.278. The highest BCUT2D eigenvalue weighted by Gasteiger charge is 2.18. The molecule has 0 bridgehead atoms. The van der Waals surface area contributed by atoms with Gasteiger partial charge in [-0.3, -0.25) is 4.79 Å². The maximum Gasteiger partial charge on any atom is 0.267 e. The molecule has 0 aromatic carbocycles. The molecule has 3 N–H and O–H groups in total. The van der Waals surface area contributed by atoms with Crippen molar-refractivity contribution in [3.05, 3.63) is 18.0 Å². The number of aromatic nitrogens is 1. The maximum atomic E-state index is 11.9. The number of primary sulfonamides is 1. The smallest absolute Gasteiger partial charge is 0.267 e. The molecular formula is C11H19N3O3S. The van der Waals surface area contributed by atoms with E-state index in [4.69, 9.17) is 5.14 Å². The van der Waals surface area contributed by atoms with Crippen LogP contribution in [-0.4, -0.2) is 25.4 Å². The summed E-state index contributed by atoms with van der Waals surface area (Å²) in [4.78, 5) is 11.8. The quantitative estimate of drug-likeness (QED) is 0.798. The van der Waals surface area contributed by atoms with Crippen LogP contribution in [0.25, 0.3) is 0 Å². The molecule has 1 rings (SSSR count). The van der Waals surface area contributed by atoms with Gasteiger partial charge in [-0.05, 0) is 18.9 Å². The first-order chi connectivity index (χ1) is 8.40. The molecule has 18 heavy (non-hydrogen) atoms. The number of carbonyl (C=O) groups excluding carboxylic acids is 1. The Hall–Kier alpha value is -1.34. The van der Waals surface area contributed by atoms with Crippen LogP contribution in [0.2, 0.25) is 0 Å². The van der Waals surface area contributed by atoms with E-state index in [9.17, 15) is 13.2 Å². The van der Waals surface area contributed by atoms with E-state index < -0.39 is 10.0 Å². The summed E-state index contributed by atoms with van der Waals surface area (Å²) >= 11 is 0. The zero-order valence-corrected chi connectivity index (χ0v) is 11.5. The molecule has 7 heteroatoms. The third kappa shape index (κ3) is 3.58. The van der Waals surface area contributed by atoms with Crippen LogP contribution in [0.1, 0.15) is 37.2 Å². The summed E-state index contributed by atoms with van der Waals surface area (Å²) in [6.45, 7) is 5.02. The van der Waals surface area contributed by atoms with Gasteiger partial charge in [-0.25, -0.2) is 13.6 Å². The zero-order valence-electron chi connectivity index (χ0n) is 10.6. The van der Waals surface area contributed by atoms with Gasteiger partial charge >= 0.3 is 0 Å². The van der Waals surface area contributed by atoms with E-state index in [1.54, 1.807) is 4.57 Å². The molecule has 0 radical (unpaired) electrons. The topological polar surface area (TPSA) is 94.2 Å². The van der Waals surface area contributed by atoms with Gasteiger partial charge in [0.2, 0.25) is 10.0 Å². The number of rotatable bonds is 6. The molecule has 1 amide bonds. The summed E-state index contributed by atoms with van der Waals surface area (Å²) in [6.07, 6.45) is 3.02. The van der Waals surface area contributed by atoms with E-state index in [1.165, 1.54) is 12.3 Å². The van der Waals surface area contributed by atoms with E-state index in [0.29, 0.717) is 18.8 Å². The predicted octanol–water partition coefficient (Wildman–Crippen LogP) is 0.685. The third-order valence-corrected chi connectivity index (χ3v) is 3.31. The molecule has 0 unspecified atom stereocenters. The maximum absolute atomic E-state index is 11.9. The molecule has 1 heterocycles. The molecule has 0 fully saturated rings. The second-order valence-electron chi connectivity index (χ2n) is 4.06. The molecule has 0 atom stereocenters. The normalized spacial score (nSPS) is 11.5. The minimum atomic E-state index is -3.78. The number of amides is 1. The van der Waals surface area contributed by atoms with Crippen LogP contribution >= 0.6 is 0 Å². The van der Waals surface area contributed by atoms with Gasteiger partial charge in [0.05, 0.1) is 0 Å². The first kappa shape index (κ1) is 14.7. The Balaban J connectivity index is 3.08. The fourth-order valence-corrected chi connectivity index (χ4v) is 2.13. The van der Waals surface area contributed by atoms with Crippen LogP contribution in [-0.2, 0) is 16.6 Å². The van der Waals surface area contributed by atoms with E-state index in [-0.39, 0.29) is 10.8 Å². The lowest BCUT2D eigenvalue weighted by atomic mass is 10.3. The van der Waals surface area contributed by atoms with Gasteiger partial charge in [0, 0.05) is 19.3 Å². The van der Waals surface area contributed by atoms with Gasteiger partial charge in [-0.2, -0.15) is 0 Å². The second-order valence-corrected chi connectivity index (χ2v) is 5.62. The lowest BCUT2D eigenvalue weighted by molar-refractivity contribution is 0.0944. The standard InChI is InChI=1S/C11H19N3O3S/c1-3-5-13-11(15)10-7-9(18(12,16)17)8-14(10)6-4-2/h7-8H,3-6H2,1-2H3,(H,13,15)(H2,12,16,17). The Morgan fingerprint density at radius 2 is 2.06 bits per heavy atom. The highest BCUT2D eigenvalue weighted by molar-refractivity contribution is 7.89. The van der Waals surface area contributed by atoms with Crippen LogP contribution in [0.4, 0.5) is 0 Å². The van der Waals surface area contributed by atoms with Gasteiger partial charge in [-0.15, -0.1) is 0 Å². The van der Waals surface area contributed by atoms with Crippen molar-refractivity contribution < 1.29 is 13.2 Å². The molecule has 0 aliphatic rings. The molecule has 0 aliphatic heterocycles. The number of carbonyl (C=O) groups is 1. The van der Waals surface area contributed by atoms with Crippen LogP contribution in [0, 0.1) is 0 Å². The van der Waals surface area contributed by atoms with Crippen molar-refractivity contribution in [1.29, 1.82) is 0 Å². The second kappa shape index (κ2) is 6.01. The number of hydrogen-bond donors (Lipinski definition) is 2. The minimum Gasteiger partial charge on any atom is -0.351 e. The highest BCUT2D eigenvalue weighted by atomic mass is 32.2. The number of hydrogen-bond acceptors (Lipinski definition) is 3. The van der Waals surface area contributed by atoms with Crippen LogP contribution < -0.4 is 10.5 Å². The Labute approximate surface area is 107 Å². The SMILES string of the molecule is CCCNC(=O)c1cc(S(N)(=O)=O)cn1CCC. The third-order valence-electron chi connectivity index (χ3n) is 2.43. The predicted molar refractivity (Wildman–Crippen MR) is 68.7 cm³/mol. The number of aryl methyl sites for hydroxylation is 1. The van der Waals surface area contributed by atoms with Crippen molar-refractivity contribution in [2.24, 2.45) is 5.14 Å². The number of nitrogens with two attached hydrogens (primary N) is 1. The van der Waals surface area contributed by atoms with Crippen molar-refractivity contribution >= 4 is 15.9 Å².